The largest absolute Gasteiger partial charge is 0.467 e. The van der Waals surface area contributed by atoms with Crippen LogP contribution in [0.2, 0.25) is 0 Å². The second-order valence-electron chi connectivity index (χ2n) is 5.53. The van der Waals surface area contributed by atoms with Crippen LogP contribution in [0.1, 0.15) is 18.4 Å². The fourth-order valence-corrected chi connectivity index (χ4v) is 2.28. The van der Waals surface area contributed by atoms with Crippen LogP contribution in [0.4, 0.5) is 23.1 Å². The molecule has 1 aromatic carbocycles. The second kappa shape index (κ2) is 7.48. The summed E-state index contributed by atoms with van der Waals surface area (Å²) in [6.45, 7) is 3.93. The van der Waals surface area contributed by atoms with E-state index in [1.807, 2.05) is 49.4 Å². The standard InChI is InChI=1S/C18H19N5O2/c1-12-10-17(19-11-16-4-3-9-25-16)23-18(20-12)22-15-7-5-14(6-8-15)21-13(2)24/h3-10H,11H2,1-2H3,(H,21,24)(H2,19,20,22,23). The molecule has 7 heteroatoms. The number of aromatic nitrogens is 2. The maximum atomic E-state index is 11.1. The van der Waals surface area contributed by atoms with Gasteiger partial charge in [-0.15, -0.1) is 0 Å². The van der Waals surface area contributed by atoms with Crippen molar-refractivity contribution in [1.82, 2.24) is 9.97 Å². The first-order valence-electron chi connectivity index (χ1n) is 7.85. The van der Waals surface area contributed by atoms with Crippen molar-refractivity contribution in [1.29, 1.82) is 0 Å². The number of carbonyl (C=O) groups is 1. The minimum absolute atomic E-state index is 0.102. The molecule has 0 atom stereocenters. The Balaban J connectivity index is 1.68. The summed E-state index contributed by atoms with van der Waals surface area (Å²) in [4.78, 5) is 19.9. The van der Waals surface area contributed by atoms with Crippen molar-refractivity contribution in [3.8, 4) is 0 Å². The van der Waals surface area contributed by atoms with E-state index in [1.165, 1.54) is 6.92 Å². The molecule has 0 spiro atoms. The highest BCUT2D eigenvalue weighted by atomic mass is 16.3. The fraction of sp³-hybridized carbons (Fsp3) is 0.167. The zero-order valence-corrected chi connectivity index (χ0v) is 14.0. The predicted octanol–water partition coefficient (Wildman–Crippen LogP) is 3.69. The number of aryl methyl sites for hydroxylation is 1. The van der Waals surface area contributed by atoms with Crippen molar-refractivity contribution in [2.75, 3.05) is 16.0 Å². The maximum absolute atomic E-state index is 11.1. The average Bonchev–Trinajstić information content (AvgIpc) is 3.07. The predicted molar refractivity (Wildman–Crippen MR) is 96.8 cm³/mol. The van der Waals surface area contributed by atoms with Crippen LogP contribution in [-0.4, -0.2) is 15.9 Å². The summed E-state index contributed by atoms with van der Waals surface area (Å²) in [6.07, 6.45) is 1.64. The lowest BCUT2D eigenvalue weighted by Crippen LogP contribution is -2.06. The quantitative estimate of drug-likeness (QED) is 0.635. The Morgan fingerprint density at radius 2 is 1.88 bits per heavy atom. The molecule has 0 saturated carbocycles. The van der Waals surface area contributed by atoms with E-state index in [2.05, 4.69) is 25.9 Å². The molecule has 3 rings (SSSR count). The molecule has 0 radical (unpaired) electrons. The molecule has 128 valence electrons. The van der Waals surface area contributed by atoms with Gasteiger partial charge in [0.2, 0.25) is 11.9 Å². The van der Waals surface area contributed by atoms with Crippen LogP contribution in [0, 0.1) is 6.92 Å². The highest BCUT2D eigenvalue weighted by Crippen LogP contribution is 2.18. The van der Waals surface area contributed by atoms with Gasteiger partial charge in [0.15, 0.2) is 0 Å². The number of nitrogens with one attached hydrogen (secondary N) is 3. The molecule has 1 amide bonds. The van der Waals surface area contributed by atoms with E-state index in [-0.39, 0.29) is 5.91 Å². The molecule has 2 heterocycles. The van der Waals surface area contributed by atoms with Crippen LogP contribution in [0.25, 0.3) is 0 Å². The molecule has 0 bridgehead atoms. The van der Waals surface area contributed by atoms with Gasteiger partial charge in [-0.2, -0.15) is 4.98 Å². The van der Waals surface area contributed by atoms with Crippen LogP contribution in [-0.2, 0) is 11.3 Å². The second-order valence-corrected chi connectivity index (χ2v) is 5.53. The van der Waals surface area contributed by atoms with Crippen molar-refractivity contribution < 1.29 is 9.21 Å². The van der Waals surface area contributed by atoms with Crippen LogP contribution in [0.3, 0.4) is 0 Å². The van der Waals surface area contributed by atoms with Gasteiger partial charge in [-0.25, -0.2) is 4.98 Å². The molecule has 0 unspecified atom stereocenters. The smallest absolute Gasteiger partial charge is 0.229 e. The van der Waals surface area contributed by atoms with Crippen LogP contribution in [0.15, 0.2) is 53.1 Å². The number of furan rings is 1. The summed E-state index contributed by atoms with van der Waals surface area (Å²) >= 11 is 0. The highest BCUT2D eigenvalue weighted by molar-refractivity contribution is 5.88. The molecule has 3 aromatic rings. The topological polar surface area (TPSA) is 92.1 Å². The third-order valence-corrected chi connectivity index (χ3v) is 3.34. The minimum atomic E-state index is -0.102. The van der Waals surface area contributed by atoms with E-state index in [0.717, 1.165) is 22.8 Å². The average molecular weight is 337 g/mol. The Hall–Kier alpha value is -3.35. The zero-order valence-electron chi connectivity index (χ0n) is 14.0. The molecule has 0 aliphatic heterocycles. The molecular formula is C18H19N5O2. The number of hydrogen-bond acceptors (Lipinski definition) is 6. The monoisotopic (exact) mass is 337 g/mol. The van der Waals surface area contributed by atoms with E-state index < -0.39 is 0 Å². The van der Waals surface area contributed by atoms with Crippen molar-refractivity contribution >= 4 is 29.0 Å². The summed E-state index contributed by atoms with van der Waals surface area (Å²) < 4.78 is 5.30. The van der Waals surface area contributed by atoms with Gasteiger partial charge in [0, 0.05) is 30.1 Å². The highest BCUT2D eigenvalue weighted by Gasteiger charge is 2.04. The number of carbonyl (C=O) groups excluding carboxylic acids is 1. The summed E-state index contributed by atoms with van der Waals surface area (Å²) in [6, 6.07) is 13.0. The van der Waals surface area contributed by atoms with Crippen molar-refractivity contribution in [3.63, 3.8) is 0 Å². The molecule has 0 aliphatic rings. The SMILES string of the molecule is CC(=O)Nc1ccc(Nc2nc(C)cc(NCc3ccco3)n2)cc1. The number of anilines is 4. The van der Waals surface area contributed by atoms with Gasteiger partial charge in [0.1, 0.15) is 11.6 Å². The van der Waals surface area contributed by atoms with Gasteiger partial charge >= 0.3 is 0 Å². The summed E-state index contributed by atoms with van der Waals surface area (Å²) in [5, 5.41) is 9.10. The van der Waals surface area contributed by atoms with Crippen LogP contribution in [0.5, 0.6) is 0 Å². The molecule has 0 saturated heterocycles. The lowest BCUT2D eigenvalue weighted by atomic mass is 10.3. The van der Waals surface area contributed by atoms with Crippen molar-refractivity contribution in [2.24, 2.45) is 0 Å². The zero-order chi connectivity index (χ0) is 17.6. The van der Waals surface area contributed by atoms with Gasteiger partial charge < -0.3 is 20.4 Å². The van der Waals surface area contributed by atoms with Crippen molar-refractivity contribution in [2.45, 2.75) is 20.4 Å². The summed E-state index contributed by atoms with van der Waals surface area (Å²) in [5.74, 6) is 1.94. The molecular weight excluding hydrogens is 318 g/mol. The third-order valence-electron chi connectivity index (χ3n) is 3.34. The van der Waals surface area contributed by atoms with Gasteiger partial charge in [0.25, 0.3) is 0 Å². The number of hydrogen-bond donors (Lipinski definition) is 3. The van der Waals surface area contributed by atoms with E-state index in [4.69, 9.17) is 4.42 Å². The molecule has 0 aliphatic carbocycles. The van der Waals surface area contributed by atoms with Gasteiger partial charge in [-0.05, 0) is 43.3 Å². The summed E-state index contributed by atoms with van der Waals surface area (Å²) in [5.41, 5.74) is 2.41. The first-order chi connectivity index (χ1) is 12.1. The fourth-order valence-electron chi connectivity index (χ4n) is 2.28. The number of nitrogens with zero attached hydrogens (tertiary/aromatic N) is 2. The van der Waals surface area contributed by atoms with Crippen LogP contribution >= 0.6 is 0 Å². The van der Waals surface area contributed by atoms with E-state index in [9.17, 15) is 4.79 Å². The Morgan fingerprint density at radius 3 is 2.56 bits per heavy atom. The number of rotatable bonds is 6. The first kappa shape index (κ1) is 16.5. The van der Waals surface area contributed by atoms with E-state index >= 15 is 0 Å². The number of benzene rings is 1. The Labute approximate surface area is 145 Å². The Kier molecular flexibility index (Phi) is 4.94. The Bertz CT molecular complexity index is 844. The molecule has 2 aromatic heterocycles. The minimum Gasteiger partial charge on any atom is -0.467 e. The third kappa shape index (κ3) is 4.81. The molecule has 7 nitrogen and oxygen atoms in total. The van der Waals surface area contributed by atoms with Crippen LogP contribution < -0.4 is 16.0 Å². The van der Waals surface area contributed by atoms with Gasteiger partial charge in [-0.3, -0.25) is 4.79 Å². The normalized spacial score (nSPS) is 10.3. The Morgan fingerprint density at radius 1 is 1.12 bits per heavy atom. The maximum Gasteiger partial charge on any atom is 0.229 e. The van der Waals surface area contributed by atoms with Gasteiger partial charge in [-0.1, -0.05) is 0 Å². The molecule has 3 N–H and O–H groups in total. The summed E-state index contributed by atoms with van der Waals surface area (Å²) in [7, 11) is 0. The van der Waals surface area contributed by atoms with E-state index in [0.29, 0.717) is 18.3 Å². The molecule has 0 fully saturated rings. The van der Waals surface area contributed by atoms with Gasteiger partial charge in [0.05, 0.1) is 12.8 Å². The van der Waals surface area contributed by atoms with E-state index in [1.54, 1.807) is 6.26 Å². The van der Waals surface area contributed by atoms with Crippen molar-refractivity contribution in [3.05, 3.63) is 60.2 Å². The molecule has 25 heavy (non-hydrogen) atoms. The number of amides is 1. The lowest BCUT2D eigenvalue weighted by Gasteiger charge is -2.10. The first-order valence-corrected chi connectivity index (χ1v) is 7.85. The lowest BCUT2D eigenvalue weighted by molar-refractivity contribution is -0.114.